The lowest BCUT2D eigenvalue weighted by atomic mass is 9.83. The Bertz CT molecular complexity index is 481. The van der Waals surface area contributed by atoms with Crippen LogP contribution in [0.4, 0.5) is 0 Å². The van der Waals surface area contributed by atoms with Gasteiger partial charge in [0.05, 0.1) is 24.4 Å². The summed E-state index contributed by atoms with van der Waals surface area (Å²) < 4.78 is 5.28. The lowest BCUT2D eigenvalue weighted by Crippen LogP contribution is -2.48. The predicted octanol–water partition coefficient (Wildman–Crippen LogP) is 0.522. The fourth-order valence-electron chi connectivity index (χ4n) is 3.04. The van der Waals surface area contributed by atoms with Gasteiger partial charge < -0.3 is 15.4 Å². The Kier molecular flexibility index (Phi) is 3.85. The maximum Gasteiger partial charge on any atom is 0.231 e. The highest BCUT2D eigenvalue weighted by molar-refractivity contribution is 8.04. The molecule has 3 atom stereocenters. The van der Waals surface area contributed by atoms with E-state index in [1.807, 2.05) is 17.1 Å². The first-order valence-corrected chi connectivity index (χ1v) is 7.75. The first-order chi connectivity index (χ1) is 9.68. The van der Waals surface area contributed by atoms with Crippen LogP contribution in [0.3, 0.4) is 0 Å². The zero-order chi connectivity index (χ0) is 14.1. The van der Waals surface area contributed by atoms with Gasteiger partial charge >= 0.3 is 0 Å². The van der Waals surface area contributed by atoms with Crippen LogP contribution in [0, 0.1) is 11.8 Å². The zero-order valence-electron chi connectivity index (χ0n) is 11.2. The largest absolute Gasteiger partial charge is 0.378 e. The SMILES string of the molecule is NC(=O)C1SC2=CC=CCC2C1C(=O)N1CCOCC1. The molecule has 2 heterocycles. The summed E-state index contributed by atoms with van der Waals surface area (Å²) in [6.45, 7) is 2.35. The van der Waals surface area contributed by atoms with Crippen molar-refractivity contribution in [3.63, 3.8) is 0 Å². The van der Waals surface area contributed by atoms with Crippen LogP contribution in [0.15, 0.2) is 23.1 Å². The van der Waals surface area contributed by atoms with Crippen LogP contribution in [-0.4, -0.2) is 48.3 Å². The standard InChI is InChI=1S/C14H18N2O3S/c15-13(17)12-11(9-3-1-2-4-10(9)20-12)14(18)16-5-7-19-8-6-16/h1-2,4,9,11-12H,3,5-8H2,(H2,15,17). The molecule has 0 aromatic carbocycles. The number of carbonyl (C=O) groups is 2. The summed E-state index contributed by atoms with van der Waals surface area (Å²) in [5.74, 6) is -0.560. The highest BCUT2D eigenvalue weighted by Gasteiger charge is 2.48. The van der Waals surface area contributed by atoms with Crippen molar-refractivity contribution in [1.29, 1.82) is 0 Å². The van der Waals surface area contributed by atoms with Crippen LogP contribution in [-0.2, 0) is 14.3 Å². The highest BCUT2D eigenvalue weighted by atomic mass is 32.2. The normalized spacial score (nSPS) is 32.7. The van der Waals surface area contributed by atoms with Gasteiger partial charge in [-0.1, -0.05) is 18.2 Å². The second-order valence-electron chi connectivity index (χ2n) is 5.24. The number of amides is 2. The van der Waals surface area contributed by atoms with Gasteiger partial charge in [0.1, 0.15) is 0 Å². The number of carbonyl (C=O) groups excluding carboxylic acids is 2. The van der Waals surface area contributed by atoms with Crippen molar-refractivity contribution in [2.24, 2.45) is 17.6 Å². The highest BCUT2D eigenvalue weighted by Crippen LogP contribution is 2.49. The summed E-state index contributed by atoms with van der Waals surface area (Å²) in [6.07, 6.45) is 6.85. The molecule has 5 nitrogen and oxygen atoms in total. The number of nitrogens with zero attached hydrogens (tertiary/aromatic N) is 1. The molecular formula is C14H18N2O3S. The monoisotopic (exact) mass is 294 g/mol. The Morgan fingerprint density at radius 3 is 2.80 bits per heavy atom. The van der Waals surface area contributed by atoms with Crippen molar-refractivity contribution in [2.45, 2.75) is 11.7 Å². The summed E-state index contributed by atoms with van der Waals surface area (Å²) in [6, 6.07) is 0. The number of primary amides is 1. The average Bonchev–Trinajstić information content (AvgIpc) is 2.87. The minimum atomic E-state index is -0.443. The fraction of sp³-hybridized carbons (Fsp3) is 0.571. The van der Waals surface area contributed by atoms with Crippen molar-refractivity contribution >= 4 is 23.6 Å². The Morgan fingerprint density at radius 2 is 2.10 bits per heavy atom. The van der Waals surface area contributed by atoms with Gasteiger partial charge in [0, 0.05) is 19.0 Å². The zero-order valence-corrected chi connectivity index (χ0v) is 12.0. The number of morpholine rings is 1. The third-order valence-corrected chi connectivity index (χ3v) is 5.55. The third-order valence-electron chi connectivity index (χ3n) is 4.06. The average molecular weight is 294 g/mol. The van der Waals surface area contributed by atoms with Crippen molar-refractivity contribution in [3.8, 4) is 0 Å². The molecule has 2 saturated heterocycles. The molecule has 3 rings (SSSR count). The smallest absolute Gasteiger partial charge is 0.231 e. The van der Waals surface area contributed by atoms with Crippen LogP contribution < -0.4 is 5.73 Å². The number of hydrogen-bond acceptors (Lipinski definition) is 4. The van der Waals surface area contributed by atoms with Crippen molar-refractivity contribution in [2.75, 3.05) is 26.3 Å². The molecule has 6 heteroatoms. The molecule has 0 bridgehead atoms. The van der Waals surface area contributed by atoms with E-state index in [0.29, 0.717) is 26.3 Å². The molecule has 2 aliphatic heterocycles. The number of thioether (sulfide) groups is 1. The quantitative estimate of drug-likeness (QED) is 0.806. The van der Waals surface area contributed by atoms with Crippen LogP contribution in [0.2, 0.25) is 0 Å². The number of rotatable bonds is 2. The van der Waals surface area contributed by atoms with Crippen LogP contribution in [0.5, 0.6) is 0 Å². The lowest BCUT2D eigenvalue weighted by molar-refractivity contribution is -0.142. The van der Waals surface area contributed by atoms with E-state index in [9.17, 15) is 9.59 Å². The molecular weight excluding hydrogens is 276 g/mol. The number of nitrogens with two attached hydrogens (primary N) is 1. The second-order valence-corrected chi connectivity index (χ2v) is 6.46. The van der Waals surface area contributed by atoms with Gasteiger partial charge in [-0.05, 0) is 11.3 Å². The molecule has 0 radical (unpaired) electrons. The Hall–Kier alpha value is -1.27. The van der Waals surface area contributed by atoms with E-state index in [-0.39, 0.29) is 17.7 Å². The van der Waals surface area contributed by atoms with Gasteiger partial charge in [-0.15, -0.1) is 11.8 Å². The van der Waals surface area contributed by atoms with Gasteiger partial charge in [0.25, 0.3) is 0 Å². The minimum Gasteiger partial charge on any atom is -0.378 e. The molecule has 3 aliphatic rings. The van der Waals surface area contributed by atoms with Crippen molar-refractivity contribution < 1.29 is 14.3 Å². The Morgan fingerprint density at radius 1 is 1.35 bits per heavy atom. The topological polar surface area (TPSA) is 72.6 Å². The Labute approximate surface area is 122 Å². The van der Waals surface area contributed by atoms with Crippen LogP contribution in [0.1, 0.15) is 6.42 Å². The lowest BCUT2D eigenvalue weighted by Gasteiger charge is -2.32. The van der Waals surface area contributed by atoms with Gasteiger partial charge in [-0.3, -0.25) is 9.59 Å². The van der Waals surface area contributed by atoms with E-state index in [4.69, 9.17) is 10.5 Å². The second kappa shape index (κ2) is 5.61. The Balaban J connectivity index is 1.84. The minimum absolute atomic E-state index is 0.0494. The molecule has 20 heavy (non-hydrogen) atoms. The fourth-order valence-corrected chi connectivity index (χ4v) is 4.48. The van der Waals surface area contributed by atoms with Gasteiger partial charge in [0.15, 0.2) is 0 Å². The maximum absolute atomic E-state index is 12.8. The molecule has 2 amide bonds. The molecule has 0 aromatic heterocycles. The summed E-state index contributed by atoms with van der Waals surface area (Å²) in [7, 11) is 0. The summed E-state index contributed by atoms with van der Waals surface area (Å²) in [5.41, 5.74) is 5.51. The molecule has 2 N–H and O–H groups in total. The summed E-state index contributed by atoms with van der Waals surface area (Å²) >= 11 is 1.46. The first kappa shape index (κ1) is 13.7. The maximum atomic E-state index is 12.8. The number of allylic oxidation sites excluding steroid dienone is 4. The molecule has 2 fully saturated rings. The number of fused-ring (bicyclic) bond motifs is 1. The van der Waals surface area contributed by atoms with Crippen molar-refractivity contribution in [3.05, 3.63) is 23.1 Å². The van der Waals surface area contributed by atoms with E-state index in [1.54, 1.807) is 0 Å². The predicted molar refractivity (Wildman–Crippen MR) is 76.8 cm³/mol. The first-order valence-electron chi connectivity index (χ1n) is 6.87. The molecule has 0 saturated carbocycles. The third kappa shape index (κ3) is 2.38. The van der Waals surface area contributed by atoms with E-state index in [0.717, 1.165) is 11.3 Å². The van der Waals surface area contributed by atoms with Crippen LogP contribution in [0.25, 0.3) is 0 Å². The molecule has 1 aliphatic carbocycles. The number of hydrogen-bond donors (Lipinski definition) is 1. The van der Waals surface area contributed by atoms with Gasteiger partial charge in [0.2, 0.25) is 11.8 Å². The van der Waals surface area contributed by atoms with E-state index in [2.05, 4.69) is 6.08 Å². The summed E-state index contributed by atoms with van der Waals surface area (Å²) in [5, 5.41) is -0.443. The van der Waals surface area contributed by atoms with Crippen LogP contribution >= 0.6 is 11.8 Å². The molecule has 3 unspecified atom stereocenters. The van der Waals surface area contributed by atoms with Crippen molar-refractivity contribution in [1.82, 2.24) is 4.90 Å². The summed E-state index contributed by atoms with van der Waals surface area (Å²) in [4.78, 5) is 27.4. The molecule has 108 valence electrons. The molecule has 0 spiro atoms. The molecule has 0 aromatic rings. The number of ether oxygens (including phenoxy) is 1. The van der Waals surface area contributed by atoms with Gasteiger partial charge in [-0.25, -0.2) is 0 Å². The van der Waals surface area contributed by atoms with E-state index < -0.39 is 11.2 Å². The van der Waals surface area contributed by atoms with E-state index in [1.165, 1.54) is 11.8 Å². The van der Waals surface area contributed by atoms with Gasteiger partial charge in [-0.2, -0.15) is 0 Å². The van der Waals surface area contributed by atoms with E-state index >= 15 is 0 Å².